The van der Waals surface area contributed by atoms with Crippen LogP contribution in [0.5, 0.6) is 0 Å². The Bertz CT molecular complexity index is 666. The second-order valence-electron chi connectivity index (χ2n) is 8.02. The molecule has 0 spiro atoms. The molecule has 5 heteroatoms. The lowest BCUT2D eigenvalue weighted by atomic mass is 9.92. The van der Waals surface area contributed by atoms with Gasteiger partial charge in [0.05, 0.1) is 5.92 Å². The first-order chi connectivity index (χ1) is 12.1. The van der Waals surface area contributed by atoms with Gasteiger partial charge < -0.3 is 10.2 Å². The van der Waals surface area contributed by atoms with Crippen LogP contribution < -0.4 is 10.2 Å². The summed E-state index contributed by atoms with van der Waals surface area (Å²) >= 11 is 0. The van der Waals surface area contributed by atoms with Crippen molar-refractivity contribution in [1.82, 2.24) is 15.3 Å². The van der Waals surface area contributed by atoms with Crippen molar-refractivity contribution < 1.29 is 4.79 Å². The molecule has 4 atom stereocenters. The van der Waals surface area contributed by atoms with Gasteiger partial charge in [-0.2, -0.15) is 0 Å². The summed E-state index contributed by atoms with van der Waals surface area (Å²) in [7, 11) is 0. The van der Waals surface area contributed by atoms with E-state index in [2.05, 4.69) is 32.3 Å². The number of rotatable bonds is 4. The number of hydrogen-bond donors (Lipinski definition) is 1. The molecule has 1 aromatic rings. The first kappa shape index (κ1) is 16.6. The molecule has 5 nitrogen and oxygen atoms in total. The molecule has 1 aliphatic heterocycles. The van der Waals surface area contributed by atoms with Crippen LogP contribution in [0, 0.1) is 37.5 Å². The number of anilines is 1. The molecule has 1 N–H and O–H groups in total. The lowest BCUT2D eigenvalue weighted by Crippen LogP contribution is -2.45. The van der Waals surface area contributed by atoms with E-state index in [0.717, 1.165) is 55.7 Å². The van der Waals surface area contributed by atoms with Gasteiger partial charge in [0.15, 0.2) is 0 Å². The Balaban J connectivity index is 1.34. The molecule has 0 radical (unpaired) electrons. The number of piperidine rings is 1. The third kappa shape index (κ3) is 3.55. The Kier molecular flexibility index (Phi) is 4.48. The predicted molar refractivity (Wildman–Crippen MR) is 98.3 cm³/mol. The number of carbonyl (C=O) groups is 1. The molecule has 0 unspecified atom stereocenters. The minimum atomic E-state index is 0.0484. The molecule has 2 aliphatic carbocycles. The maximum absolute atomic E-state index is 12.7. The van der Waals surface area contributed by atoms with Crippen molar-refractivity contribution in [2.24, 2.45) is 23.7 Å². The molecular weight excluding hydrogens is 312 g/mol. The van der Waals surface area contributed by atoms with E-state index in [-0.39, 0.29) is 11.8 Å². The monoisotopic (exact) mass is 340 g/mol. The van der Waals surface area contributed by atoms with E-state index >= 15 is 0 Å². The van der Waals surface area contributed by atoms with Gasteiger partial charge in [0.2, 0.25) is 11.9 Å². The summed E-state index contributed by atoms with van der Waals surface area (Å²) in [6.45, 7) is 6.49. The lowest BCUT2D eigenvalue weighted by molar-refractivity contribution is -0.125. The van der Waals surface area contributed by atoms with Crippen LogP contribution in [-0.2, 0) is 4.79 Å². The molecular formula is C20H28N4O. The van der Waals surface area contributed by atoms with Crippen LogP contribution in [0.15, 0.2) is 18.2 Å². The number of fused-ring (bicyclic) bond motifs is 2. The Morgan fingerprint density at radius 2 is 2.04 bits per heavy atom. The Labute approximate surface area is 149 Å². The maximum Gasteiger partial charge on any atom is 0.225 e. The number of amides is 1. The quantitative estimate of drug-likeness (QED) is 0.856. The van der Waals surface area contributed by atoms with Gasteiger partial charge in [0.25, 0.3) is 0 Å². The molecule has 1 amide bonds. The molecule has 2 bridgehead atoms. The van der Waals surface area contributed by atoms with Crippen molar-refractivity contribution in [3.63, 3.8) is 0 Å². The topological polar surface area (TPSA) is 58.1 Å². The summed E-state index contributed by atoms with van der Waals surface area (Å²) in [6.07, 6.45) is 9.22. The highest BCUT2D eigenvalue weighted by molar-refractivity contribution is 5.79. The average molecular weight is 340 g/mol. The van der Waals surface area contributed by atoms with Crippen LogP contribution in [0.25, 0.3) is 0 Å². The van der Waals surface area contributed by atoms with Crippen LogP contribution in [0.2, 0.25) is 0 Å². The fraction of sp³-hybridized carbons (Fsp3) is 0.650. The molecule has 1 aromatic heterocycles. The number of aryl methyl sites for hydroxylation is 2. The van der Waals surface area contributed by atoms with E-state index < -0.39 is 0 Å². The third-order valence-electron chi connectivity index (χ3n) is 6.00. The molecule has 1 saturated heterocycles. The Morgan fingerprint density at radius 3 is 2.72 bits per heavy atom. The van der Waals surface area contributed by atoms with Crippen molar-refractivity contribution >= 4 is 11.9 Å². The summed E-state index contributed by atoms with van der Waals surface area (Å²) in [6, 6.07) is 1.99. The zero-order chi connectivity index (χ0) is 17.4. The number of allylic oxidation sites excluding steroid dienone is 2. The Morgan fingerprint density at radius 1 is 1.24 bits per heavy atom. The molecule has 0 aromatic carbocycles. The van der Waals surface area contributed by atoms with Gasteiger partial charge in [-0.25, -0.2) is 9.97 Å². The molecule has 2 fully saturated rings. The highest BCUT2D eigenvalue weighted by Crippen LogP contribution is 2.43. The van der Waals surface area contributed by atoms with Gasteiger partial charge in [-0.05, 0) is 63.4 Å². The zero-order valence-corrected chi connectivity index (χ0v) is 15.2. The number of nitrogens with one attached hydrogen (secondary N) is 1. The second-order valence-corrected chi connectivity index (χ2v) is 8.02. The van der Waals surface area contributed by atoms with Gasteiger partial charge in [0.1, 0.15) is 0 Å². The van der Waals surface area contributed by atoms with Crippen LogP contribution in [0.4, 0.5) is 5.95 Å². The zero-order valence-electron chi connectivity index (χ0n) is 15.2. The van der Waals surface area contributed by atoms with E-state index in [4.69, 9.17) is 0 Å². The minimum Gasteiger partial charge on any atom is -0.356 e. The number of carbonyl (C=O) groups excluding carboxylic acids is 1. The first-order valence-electron chi connectivity index (χ1n) is 9.62. The summed E-state index contributed by atoms with van der Waals surface area (Å²) in [5.41, 5.74) is 1.97. The lowest BCUT2D eigenvalue weighted by Gasteiger charge is -2.32. The maximum atomic E-state index is 12.7. The van der Waals surface area contributed by atoms with Gasteiger partial charge in [-0.15, -0.1) is 0 Å². The van der Waals surface area contributed by atoms with Crippen molar-refractivity contribution in [2.75, 3.05) is 24.5 Å². The molecule has 25 heavy (non-hydrogen) atoms. The normalized spacial score (nSPS) is 30.7. The molecule has 3 aliphatic rings. The summed E-state index contributed by atoms with van der Waals surface area (Å²) < 4.78 is 0. The molecule has 2 heterocycles. The number of nitrogens with zero attached hydrogens (tertiary/aromatic N) is 3. The average Bonchev–Trinajstić information content (AvgIpc) is 3.22. The van der Waals surface area contributed by atoms with Gasteiger partial charge in [0, 0.05) is 31.0 Å². The molecule has 4 rings (SSSR count). The van der Waals surface area contributed by atoms with Crippen LogP contribution in [0.3, 0.4) is 0 Å². The molecule has 1 saturated carbocycles. The van der Waals surface area contributed by atoms with Crippen LogP contribution in [0.1, 0.15) is 37.1 Å². The van der Waals surface area contributed by atoms with E-state index in [1.807, 2.05) is 19.9 Å². The summed E-state index contributed by atoms with van der Waals surface area (Å²) in [4.78, 5) is 24.0. The first-order valence-corrected chi connectivity index (χ1v) is 9.62. The fourth-order valence-electron chi connectivity index (χ4n) is 4.73. The van der Waals surface area contributed by atoms with E-state index in [9.17, 15) is 4.79 Å². The summed E-state index contributed by atoms with van der Waals surface area (Å²) in [5, 5.41) is 3.23. The highest BCUT2D eigenvalue weighted by atomic mass is 16.1. The number of aromatic nitrogens is 2. The van der Waals surface area contributed by atoms with Gasteiger partial charge >= 0.3 is 0 Å². The van der Waals surface area contributed by atoms with Gasteiger partial charge in [-0.1, -0.05) is 12.2 Å². The third-order valence-corrected chi connectivity index (χ3v) is 6.00. The van der Waals surface area contributed by atoms with E-state index in [1.54, 1.807) is 0 Å². The van der Waals surface area contributed by atoms with Gasteiger partial charge in [-0.3, -0.25) is 4.79 Å². The van der Waals surface area contributed by atoms with Crippen molar-refractivity contribution in [2.45, 2.75) is 39.5 Å². The SMILES string of the molecule is Cc1cc(C)nc(N2CCC[C@@H](C(=O)NC[C@H]3C[C@@H]4C=C[C@H]3C4)C2)n1. The van der Waals surface area contributed by atoms with E-state index in [1.165, 1.54) is 12.8 Å². The Hall–Kier alpha value is -1.91. The molecule has 134 valence electrons. The van der Waals surface area contributed by atoms with Crippen molar-refractivity contribution in [3.8, 4) is 0 Å². The van der Waals surface area contributed by atoms with Crippen molar-refractivity contribution in [3.05, 3.63) is 29.6 Å². The predicted octanol–water partition coefficient (Wildman–Crippen LogP) is 2.64. The fourth-order valence-corrected chi connectivity index (χ4v) is 4.73. The van der Waals surface area contributed by atoms with Crippen LogP contribution in [-0.4, -0.2) is 35.5 Å². The second kappa shape index (κ2) is 6.77. The minimum absolute atomic E-state index is 0.0484. The highest BCUT2D eigenvalue weighted by Gasteiger charge is 2.36. The standard InChI is InChI=1S/C20H28N4O/c1-13-8-14(2)23-20(22-13)24-7-3-4-17(12-24)19(25)21-11-18-10-15-5-6-16(18)9-15/h5-6,8,15-18H,3-4,7,9-12H2,1-2H3,(H,21,25)/t15-,16+,17-,18-/m1/s1. The smallest absolute Gasteiger partial charge is 0.225 e. The van der Waals surface area contributed by atoms with Crippen molar-refractivity contribution in [1.29, 1.82) is 0 Å². The largest absolute Gasteiger partial charge is 0.356 e. The van der Waals surface area contributed by atoms with E-state index in [0.29, 0.717) is 11.8 Å². The summed E-state index contributed by atoms with van der Waals surface area (Å²) in [5.74, 6) is 3.12. The number of hydrogen-bond acceptors (Lipinski definition) is 4. The van der Waals surface area contributed by atoms with Crippen LogP contribution >= 0.6 is 0 Å².